The van der Waals surface area contributed by atoms with Crippen LogP contribution < -0.4 is 5.73 Å². The zero-order valence-corrected chi connectivity index (χ0v) is 13.5. The van der Waals surface area contributed by atoms with E-state index in [0.29, 0.717) is 11.9 Å². The van der Waals surface area contributed by atoms with Crippen LogP contribution >= 0.6 is 0 Å². The zero-order chi connectivity index (χ0) is 15.1. The molecule has 1 unspecified atom stereocenters. The van der Waals surface area contributed by atoms with E-state index >= 15 is 0 Å². The van der Waals surface area contributed by atoms with Crippen molar-refractivity contribution in [3.8, 4) is 0 Å². The number of anilines is 1. The Kier molecular flexibility index (Phi) is 3.61. The summed E-state index contributed by atoms with van der Waals surface area (Å²) in [5.74, 6) is 1.35. The van der Waals surface area contributed by atoms with Gasteiger partial charge in [0, 0.05) is 18.3 Å². The molecule has 0 aliphatic carbocycles. The summed E-state index contributed by atoms with van der Waals surface area (Å²) in [4.78, 5) is 11.5. The molecule has 1 aliphatic rings. The molecule has 21 heavy (non-hydrogen) atoms. The Morgan fingerprint density at radius 3 is 2.48 bits per heavy atom. The van der Waals surface area contributed by atoms with Crippen LogP contribution in [-0.2, 0) is 6.54 Å². The van der Waals surface area contributed by atoms with Gasteiger partial charge >= 0.3 is 0 Å². The fraction of sp³-hybridized carbons (Fsp3) is 0.625. The number of nitrogen functional groups attached to an aromatic ring is 1. The highest BCUT2D eigenvalue weighted by molar-refractivity contribution is 5.91. The van der Waals surface area contributed by atoms with E-state index in [-0.39, 0.29) is 0 Å². The Labute approximate surface area is 126 Å². The van der Waals surface area contributed by atoms with E-state index in [2.05, 4.69) is 40.2 Å². The Morgan fingerprint density at radius 2 is 1.81 bits per heavy atom. The van der Waals surface area contributed by atoms with Crippen LogP contribution in [0, 0.1) is 20.8 Å². The third kappa shape index (κ3) is 2.39. The Hall–Kier alpha value is -1.62. The molecule has 2 aromatic heterocycles. The first-order chi connectivity index (χ1) is 9.99. The molecule has 1 atom stereocenters. The molecule has 5 heteroatoms. The van der Waals surface area contributed by atoms with Crippen molar-refractivity contribution in [1.82, 2.24) is 19.4 Å². The maximum absolute atomic E-state index is 6.12. The average molecular weight is 287 g/mol. The maximum Gasteiger partial charge on any atom is 0.146 e. The van der Waals surface area contributed by atoms with Crippen LogP contribution in [0.3, 0.4) is 0 Å². The van der Waals surface area contributed by atoms with Gasteiger partial charge in [-0.2, -0.15) is 0 Å². The van der Waals surface area contributed by atoms with E-state index < -0.39 is 0 Å². The van der Waals surface area contributed by atoms with E-state index in [9.17, 15) is 0 Å². The lowest BCUT2D eigenvalue weighted by molar-refractivity contribution is 0.236. The van der Waals surface area contributed by atoms with Crippen LogP contribution in [0.4, 0.5) is 5.82 Å². The van der Waals surface area contributed by atoms with Crippen molar-refractivity contribution < 1.29 is 0 Å². The fourth-order valence-corrected chi connectivity index (χ4v) is 3.46. The molecule has 0 amide bonds. The number of hydrogen-bond acceptors (Lipinski definition) is 4. The summed E-state index contributed by atoms with van der Waals surface area (Å²) in [7, 11) is 0. The fourth-order valence-electron chi connectivity index (χ4n) is 3.46. The van der Waals surface area contributed by atoms with Crippen molar-refractivity contribution >= 4 is 16.9 Å². The molecule has 3 rings (SSSR count). The monoisotopic (exact) mass is 287 g/mol. The smallest absolute Gasteiger partial charge is 0.146 e. The SMILES string of the molecule is Cc1nc(N)c2c(C)c(C)n(CC(C)N3CCCC3)c2n1. The maximum atomic E-state index is 6.12. The largest absolute Gasteiger partial charge is 0.383 e. The Balaban J connectivity index is 2.03. The van der Waals surface area contributed by atoms with Gasteiger partial charge in [0.05, 0.1) is 5.39 Å². The second-order valence-corrected chi connectivity index (χ2v) is 6.27. The first-order valence-corrected chi connectivity index (χ1v) is 7.82. The van der Waals surface area contributed by atoms with Gasteiger partial charge in [-0.15, -0.1) is 0 Å². The van der Waals surface area contributed by atoms with Gasteiger partial charge in [-0.3, -0.25) is 4.90 Å². The summed E-state index contributed by atoms with van der Waals surface area (Å²) in [5, 5.41) is 1.02. The van der Waals surface area contributed by atoms with Gasteiger partial charge in [0.1, 0.15) is 17.3 Å². The topological polar surface area (TPSA) is 60.0 Å². The number of nitrogens with zero attached hydrogens (tertiary/aromatic N) is 4. The minimum absolute atomic E-state index is 0.526. The quantitative estimate of drug-likeness (QED) is 0.942. The van der Waals surface area contributed by atoms with Crippen molar-refractivity contribution in [3.05, 3.63) is 17.1 Å². The molecule has 114 valence electrons. The summed E-state index contributed by atoms with van der Waals surface area (Å²) in [5.41, 5.74) is 9.56. The van der Waals surface area contributed by atoms with Gasteiger partial charge in [0.2, 0.25) is 0 Å². The van der Waals surface area contributed by atoms with Crippen molar-refractivity contribution in [1.29, 1.82) is 0 Å². The number of hydrogen-bond donors (Lipinski definition) is 1. The van der Waals surface area contributed by atoms with E-state index in [1.807, 2.05) is 6.92 Å². The minimum Gasteiger partial charge on any atom is -0.383 e. The minimum atomic E-state index is 0.526. The van der Waals surface area contributed by atoms with Crippen molar-refractivity contribution in [3.63, 3.8) is 0 Å². The van der Waals surface area contributed by atoms with Crippen molar-refractivity contribution in [2.75, 3.05) is 18.8 Å². The molecule has 0 radical (unpaired) electrons. The van der Waals surface area contributed by atoms with Gasteiger partial charge < -0.3 is 10.3 Å². The summed E-state index contributed by atoms with van der Waals surface area (Å²) in [6, 6.07) is 0.526. The highest BCUT2D eigenvalue weighted by Crippen LogP contribution is 2.28. The Morgan fingerprint density at radius 1 is 1.14 bits per heavy atom. The van der Waals surface area contributed by atoms with Gasteiger partial charge in [-0.25, -0.2) is 9.97 Å². The third-order valence-electron chi connectivity index (χ3n) is 4.82. The van der Waals surface area contributed by atoms with Crippen LogP contribution in [0.15, 0.2) is 0 Å². The molecule has 2 aromatic rings. The van der Waals surface area contributed by atoms with E-state index in [4.69, 9.17) is 5.73 Å². The first kappa shape index (κ1) is 14.3. The number of aryl methyl sites for hydroxylation is 2. The van der Waals surface area contributed by atoms with Gasteiger partial charge in [0.25, 0.3) is 0 Å². The second kappa shape index (κ2) is 5.30. The molecule has 3 heterocycles. The zero-order valence-electron chi connectivity index (χ0n) is 13.5. The predicted octanol–water partition coefficient (Wildman–Crippen LogP) is 2.42. The molecule has 0 bridgehead atoms. The summed E-state index contributed by atoms with van der Waals surface area (Å²) in [6.07, 6.45) is 2.64. The van der Waals surface area contributed by atoms with Crippen molar-refractivity contribution in [2.45, 2.75) is 53.1 Å². The number of rotatable bonds is 3. The lowest BCUT2D eigenvalue weighted by Crippen LogP contribution is -2.34. The summed E-state index contributed by atoms with van der Waals surface area (Å²) in [6.45, 7) is 11.9. The molecule has 1 fully saturated rings. The first-order valence-electron chi connectivity index (χ1n) is 7.82. The van der Waals surface area contributed by atoms with Crippen molar-refractivity contribution in [2.24, 2.45) is 0 Å². The highest BCUT2D eigenvalue weighted by Gasteiger charge is 2.22. The lowest BCUT2D eigenvalue weighted by Gasteiger charge is -2.25. The van der Waals surface area contributed by atoms with Gasteiger partial charge in [-0.1, -0.05) is 0 Å². The van der Waals surface area contributed by atoms with Crippen LogP contribution in [-0.4, -0.2) is 38.6 Å². The van der Waals surface area contributed by atoms with Crippen LogP contribution in [0.25, 0.3) is 11.0 Å². The highest BCUT2D eigenvalue weighted by atomic mass is 15.2. The normalized spacial score (nSPS) is 17.7. The average Bonchev–Trinajstić information content (AvgIpc) is 3.02. The number of fused-ring (bicyclic) bond motifs is 1. The van der Waals surface area contributed by atoms with Crippen LogP contribution in [0.5, 0.6) is 0 Å². The van der Waals surface area contributed by atoms with Gasteiger partial charge in [0.15, 0.2) is 0 Å². The molecular formula is C16H25N5. The third-order valence-corrected chi connectivity index (χ3v) is 4.82. The van der Waals surface area contributed by atoms with E-state index in [1.165, 1.54) is 37.2 Å². The van der Waals surface area contributed by atoms with Crippen LogP contribution in [0.1, 0.15) is 36.8 Å². The van der Waals surface area contributed by atoms with Crippen LogP contribution in [0.2, 0.25) is 0 Å². The molecule has 0 saturated carbocycles. The molecule has 5 nitrogen and oxygen atoms in total. The Bertz CT molecular complexity index is 667. The molecule has 0 aromatic carbocycles. The number of likely N-dealkylation sites (tertiary alicyclic amines) is 1. The molecule has 2 N–H and O–H groups in total. The summed E-state index contributed by atoms with van der Waals surface area (Å²) < 4.78 is 2.32. The molecule has 1 saturated heterocycles. The number of nitrogens with two attached hydrogens (primary N) is 1. The van der Waals surface area contributed by atoms with E-state index in [0.717, 1.165) is 23.4 Å². The molecule has 1 aliphatic heterocycles. The second-order valence-electron chi connectivity index (χ2n) is 6.27. The van der Waals surface area contributed by atoms with Gasteiger partial charge in [-0.05, 0) is 59.2 Å². The van der Waals surface area contributed by atoms with E-state index in [1.54, 1.807) is 0 Å². The molecule has 0 spiro atoms. The standard InChI is InChI=1S/C16H25N5/c1-10(20-7-5-6-8-20)9-21-12(3)11(2)14-15(17)18-13(4)19-16(14)21/h10H,5-9H2,1-4H3,(H2,17,18,19). The molecular weight excluding hydrogens is 262 g/mol. The summed E-state index contributed by atoms with van der Waals surface area (Å²) >= 11 is 0. The number of aromatic nitrogens is 3. The lowest BCUT2D eigenvalue weighted by atomic mass is 10.2. The predicted molar refractivity (Wildman–Crippen MR) is 86.4 cm³/mol.